The van der Waals surface area contributed by atoms with Crippen molar-refractivity contribution in [3.63, 3.8) is 0 Å². The van der Waals surface area contributed by atoms with Gasteiger partial charge in [0.25, 0.3) is 5.91 Å². The Bertz CT molecular complexity index is 744. The van der Waals surface area contributed by atoms with Crippen molar-refractivity contribution < 1.29 is 9.53 Å². The molecule has 3 aromatic rings. The normalized spacial score (nSPS) is 10.8. The van der Waals surface area contributed by atoms with Crippen LogP contribution in [0.15, 0.2) is 36.9 Å². The van der Waals surface area contributed by atoms with E-state index in [1.807, 2.05) is 25.1 Å². The van der Waals surface area contributed by atoms with Gasteiger partial charge in [0.1, 0.15) is 12.1 Å². The summed E-state index contributed by atoms with van der Waals surface area (Å²) in [6.45, 7) is 1.96. The number of benzene rings is 1. The van der Waals surface area contributed by atoms with E-state index in [-0.39, 0.29) is 5.91 Å². The monoisotopic (exact) mass is 272 g/mol. The number of hydrogen-bond acceptors (Lipinski definition) is 4. The van der Waals surface area contributed by atoms with Gasteiger partial charge in [-0.15, -0.1) is 11.3 Å². The predicted octanol–water partition coefficient (Wildman–Crippen LogP) is 3.10. The van der Waals surface area contributed by atoms with Crippen LogP contribution < -0.4 is 4.74 Å². The van der Waals surface area contributed by atoms with Crippen molar-refractivity contribution in [1.82, 2.24) is 9.55 Å². The first kappa shape index (κ1) is 11.9. The molecule has 0 amide bonds. The fraction of sp³-hybridized carbons (Fsp3) is 0.143. The average molecular weight is 272 g/mol. The Hall–Kier alpha value is -2.14. The fourth-order valence-corrected chi connectivity index (χ4v) is 3.18. The van der Waals surface area contributed by atoms with E-state index in [2.05, 4.69) is 4.98 Å². The molecule has 0 N–H and O–H groups in total. The summed E-state index contributed by atoms with van der Waals surface area (Å²) in [5.41, 5.74) is 0.737. The Kier molecular flexibility index (Phi) is 2.83. The van der Waals surface area contributed by atoms with Gasteiger partial charge in [-0.05, 0) is 25.1 Å². The summed E-state index contributed by atoms with van der Waals surface area (Å²) in [6.07, 6.45) is 4.79. The first-order chi connectivity index (χ1) is 9.20. The SMILES string of the molecule is COc1ccc2c(C(=O)n3ccnc3)c(C)sc2c1. The van der Waals surface area contributed by atoms with E-state index in [1.165, 1.54) is 10.9 Å². The highest BCUT2D eigenvalue weighted by molar-refractivity contribution is 7.19. The standard InChI is InChI=1S/C14H12N2O2S/c1-9-13(14(17)16-6-5-15-8-16)11-4-3-10(18-2)7-12(11)19-9/h3-8H,1-2H3. The molecule has 0 aliphatic rings. The molecule has 0 aliphatic heterocycles. The van der Waals surface area contributed by atoms with Gasteiger partial charge >= 0.3 is 0 Å². The summed E-state index contributed by atoms with van der Waals surface area (Å²) in [6, 6.07) is 5.76. The van der Waals surface area contributed by atoms with Crippen LogP contribution in [-0.4, -0.2) is 22.6 Å². The second kappa shape index (κ2) is 4.51. The van der Waals surface area contributed by atoms with Gasteiger partial charge < -0.3 is 4.74 Å². The van der Waals surface area contributed by atoms with E-state index >= 15 is 0 Å². The average Bonchev–Trinajstić information content (AvgIpc) is 3.03. The molecule has 0 spiro atoms. The van der Waals surface area contributed by atoms with Gasteiger partial charge in [-0.2, -0.15) is 0 Å². The molecule has 0 saturated heterocycles. The molecule has 96 valence electrons. The Morgan fingerprint density at radius 1 is 1.42 bits per heavy atom. The van der Waals surface area contributed by atoms with Crippen LogP contribution in [0.4, 0.5) is 0 Å². The van der Waals surface area contributed by atoms with E-state index in [0.29, 0.717) is 0 Å². The largest absolute Gasteiger partial charge is 0.497 e. The van der Waals surface area contributed by atoms with Crippen LogP contribution in [0.3, 0.4) is 0 Å². The van der Waals surface area contributed by atoms with Crippen molar-refractivity contribution in [2.75, 3.05) is 7.11 Å². The van der Waals surface area contributed by atoms with Gasteiger partial charge in [-0.25, -0.2) is 4.98 Å². The zero-order chi connectivity index (χ0) is 13.4. The van der Waals surface area contributed by atoms with Gasteiger partial charge in [0.2, 0.25) is 0 Å². The Morgan fingerprint density at radius 3 is 2.95 bits per heavy atom. The number of aryl methyl sites for hydroxylation is 1. The topological polar surface area (TPSA) is 44.1 Å². The van der Waals surface area contributed by atoms with Crippen LogP contribution in [-0.2, 0) is 0 Å². The second-order valence-electron chi connectivity index (χ2n) is 4.17. The number of imidazole rings is 1. The van der Waals surface area contributed by atoms with Crippen LogP contribution in [0, 0.1) is 6.92 Å². The maximum absolute atomic E-state index is 12.5. The molecular formula is C14H12N2O2S. The molecule has 0 aliphatic carbocycles. The smallest absolute Gasteiger partial charge is 0.264 e. The summed E-state index contributed by atoms with van der Waals surface area (Å²) in [5, 5.41) is 0.960. The minimum absolute atomic E-state index is 0.0496. The summed E-state index contributed by atoms with van der Waals surface area (Å²) in [7, 11) is 1.64. The van der Waals surface area contributed by atoms with Crippen molar-refractivity contribution in [3.05, 3.63) is 47.4 Å². The molecule has 0 unspecified atom stereocenters. The molecular weight excluding hydrogens is 260 g/mol. The van der Waals surface area contributed by atoms with Crippen LogP contribution in [0.5, 0.6) is 5.75 Å². The Morgan fingerprint density at radius 2 is 2.26 bits per heavy atom. The van der Waals surface area contributed by atoms with Crippen molar-refractivity contribution >= 4 is 27.3 Å². The lowest BCUT2D eigenvalue weighted by molar-refractivity contribution is 0.0961. The predicted molar refractivity (Wildman–Crippen MR) is 75.1 cm³/mol. The molecule has 0 fully saturated rings. The van der Waals surface area contributed by atoms with Gasteiger partial charge in [0.05, 0.1) is 12.7 Å². The zero-order valence-electron chi connectivity index (χ0n) is 10.6. The lowest BCUT2D eigenvalue weighted by Gasteiger charge is -2.02. The second-order valence-corrected chi connectivity index (χ2v) is 5.43. The number of thiophene rings is 1. The quantitative estimate of drug-likeness (QED) is 0.720. The first-order valence-corrected chi connectivity index (χ1v) is 6.62. The van der Waals surface area contributed by atoms with Crippen molar-refractivity contribution in [3.8, 4) is 5.75 Å². The van der Waals surface area contributed by atoms with Gasteiger partial charge in [0, 0.05) is 27.4 Å². The number of ether oxygens (including phenoxy) is 1. The molecule has 3 rings (SSSR count). The van der Waals surface area contributed by atoms with E-state index in [0.717, 1.165) is 26.3 Å². The van der Waals surface area contributed by atoms with Crippen LogP contribution >= 0.6 is 11.3 Å². The highest BCUT2D eigenvalue weighted by Crippen LogP contribution is 2.33. The Balaban J connectivity index is 2.18. The van der Waals surface area contributed by atoms with E-state index < -0.39 is 0 Å². The molecule has 19 heavy (non-hydrogen) atoms. The van der Waals surface area contributed by atoms with Gasteiger partial charge in [-0.3, -0.25) is 9.36 Å². The lowest BCUT2D eigenvalue weighted by atomic mass is 10.1. The molecule has 0 atom stereocenters. The third-order valence-corrected chi connectivity index (χ3v) is 4.09. The molecule has 2 aromatic heterocycles. The molecule has 4 nitrogen and oxygen atoms in total. The third kappa shape index (κ3) is 1.92. The fourth-order valence-electron chi connectivity index (χ4n) is 2.10. The van der Waals surface area contributed by atoms with E-state index in [4.69, 9.17) is 4.74 Å². The molecule has 0 saturated carbocycles. The zero-order valence-corrected chi connectivity index (χ0v) is 11.4. The maximum atomic E-state index is 12.5. The Labute approximate surface area is 114 Å². The van der Waals surface area contributed by atoms with Crippen molar-refractivity contribution in [1.29, 1.82) is 0 Å². The number of methoxy groups -OCH3 is 1. The van der Waals surface area contributed by atoms with Crippen LogP contribution in [0.2, 0.25) is 0 Å². The van der Waals surface area contributed by atoms with Gasteiger partial charge in [0.15, 0.2) is 0 Å². The number of aromatic nitrogens is 2. The van der Waals surface area contributed by atoms with Crippen molar-refractivity contribution in [2.24, 2.45) is 0 Å². The summed E-state index contributed by atoms with van der Waals surface area (Å²) in [4.78, 5) is 17.4. The molecule has 1 aromatic carbocycles. The molecule has 5 heteroatoms. The highest BCUT2D eigenvalue weighted by atomic mass is 32.1. The molecule has 0 bridgehead atoms. The number of hydrogen-bond donors (Lipinski definition) is 0. The highest BCUT2D eigenvalue weighted by Gasteiger charge is 2.18. The van der Waals surface area contributed by atoms with E-state index in [1.54, 1.807) is 30.8 Å². The summed E-state index contributed by atoms with van der Waals surface area (Å²) >= 11 is 1.60. The minimum atomic E-state index is -0.0496. The maximum Gasteiger partial charge on any atom is 0.264 e. The first-order valence-electron chi connectivity index (χ1n) is 5.80. The van der Waals surface area contributed by atoms with E-state index in [9.17, 15) is 4.79 Å². The number of nitrogens with zero attached hydrogens (tertiary/aromatic N) is 2. The summed E-state index contributed by atoms with van der Waals surface area (Å²) in [5.74, 6) is 0.752. The number of carbonyl (C=O) groups excluding carboxylic acids is 1. The molecule has 0 radical (unpaired) electrons. The van der Waals surface area contributed by atoms with Crippen LogP contribution in [0.1, 0.15) is 15.2 Å². The molecule has 2 heterocycles. The van der Waals surface area contributed by atoms with Crippen molar-refractivity contribution in [2.45, 2.75) is 6.92 Å². The van der Waals surface area contributed by atoms with Crippen LogP contribution in [0.25, 0.3) is 10.1 Å². The minimum Gasteiger partial charge on any atom is -0.497 e. The number of fused-ring (bicyclic) bond motifs is 1. The third-order valence-electron chi connectivity index (χ3n) is 3.03. The van der Waals surface area contributed by atoms with Gasteiger partial charge in [-0.1, -0.05) is 0 Å². The lowest BCUT2D eigenvalue weighted by Crippen LogP contribution is -2.10. The summed E-state index contributed by atoms with van der Waals surface area (Å²) < 4.78 is 7.77. The number of rotatable bonds is 2. The number of carbonyl (C=O) groups is 1.